The number of quaternary nitrogens is 1. The topological polar surface area (TPSA) is 33.9 Å². The minimum absolute atomic E-state index is 0.382. The third-order valence-corrected chi connectivity index (χ3v) is 4.32. The predicted octanol–water partition coefficient (Wildman–Crippen LogP) is 1.58. The second-order valence-electron chi connectivity index (χ2n) is 6.16. The fourth-order valence-corrected chi connectivity index (χ4v) is 3.02. The molecule has 1 aliphatic carbocycles. The van der Waals surface area contributed by atoms with Crippen LogP contribution >= 0.6 is 0 Å². The van der Waals surface area contributed by atoms with Crippen LogP contribution in [0, 0.1) is 6.92 Å². The van der Waals surface area contributed by atoms with Crippen molar-refractivity contribution in [1.29, 1.82) is 0 Å². The third kappa shape index (κ3) is 4.80. The van der Waals surface area contributed by atoms with Crippen LogP contribution in [0.25, 0.3) is 0 Å². The monoisotopic (exact) mass is 278 g/mol. The Hall–Kier alpha value is -1.06. The van der Waals surface area contributed by atoms with Crippen LogP contribution in [-0.4, -0.2) is 37.5 Å². The van der Waals surface area contributed by atoms with Crippen LogP contribution in [-0.2, 0) is 0 Å². The average Bonchev–Trinajstić information content (AvgIpc) is 2.47. The van der Waals surface area contributed by atoms with Crippen molar-refractivity contribution in [2.45, 2.75) is 51.2 Å². The van der Waals surface area contributed by atoms with Crippen LogP contribution in [0.5, 0.6) is 5.75 Å². The second kappa shape index (κ2) is 7.65. The zero-order valence-electron chi connectivity index (χ0n) is 12.8. The van der Waals surface area contributed by atoms with E-state index in [1.165, 1.54) is 42.6 Å². The first kappa shape index (κ1) is 15.3. The lowest BCUT2D eigenvalue weighted by atomic mass is 9.94. The molecule has 2 rings (SSSR count). The summed E-state index contributed by atoms with van der Waals surface area (Å²) < 4.78 is 5.65. The summed E-state index contributed by atoms with van der Waals surface area (Å²) in [4.78, 5) is 1.45. The summed E-state index contributed by atoms with van der Waals surface area (Å²) in [6.07, 6.45) is 6.28. The first-order valence-electron chi connectivity index (χ1n) is 7.85. The molecule has 2 N–H and O–H groups in total. The molecule has 0 aliphatic heterocycles. The largest absolute Gasteiger partial charge is 0.491 e. The Balaban J connectivity index is 1.71. The molecule has 112 valence electrons. The van der Waals surface area contributed by atoms with Gasteiger partial charge in [0, 0.05) is 0 Å². The van der Waals surface area contributed by atoms with E-state index in [-0.39, 0.29) is 0 Å². The highest BCUT2D eigenvalue weighted by Gasteiger charge is 2.23. The van der Waals surface area contributed by atoms with Crippen molar-refractivity contribution in [3.63, 3.8) is 0 Å². The molecule has 0 heterocycles. The van der Waals surface area contributed by atoms with Crippen molar-refractivity contribution in [3.05, 3.63) is 29.8 Å². The zero-order valence-corrected chi connectivity index (χ0v) is 12.8. The summed E-state index contributed by atoms with van der Waals surface area (Å²) in [6, 6.07) is 8.69. The fourth-order valence-electron chi connectivity index (χ4n) is 3.02. The van der Waals surface area contributed by atoms with Crippen molar-refractivity contribution in [2.75, 3.05) is 20.2 Å². The molecule has 0 saturated heterocycles. The van der Waals surface area contributed by atoms with E-state index in [0.717, 1.165) is 18.3 Å². The molecule has 0 aromatic heterocycles. The van der Waals surface area contributed by atoms with Crippen molar-refractivity contribution in [3.8, 4) is 5.75 Å². The van der Waals surface area contributed by atoms with Crippen LogP contribution in [0.15, 0.2) is 24.3 Å². The van der Waals surface area contributed by atoms with Crippen LogP contribution in [0.3, 0.4) is 0 Å². The highest BCUT2D eigenvalue weighted by Crippen LogP contribution is 2.15. The van der Waals surface area contributed by atoms with E-state index in [1.54, 1.807) is 0 Å². The maximum atomic E-state index is 10.1. The van der Waals surface area contributed by atoms with Crippen LogP contribution in [0.2, 0.25) is 0 Å². The smallest absolute Gasteiger partial charge is 0.137 e. The first-order valence-corrected chi connectivity index (χ1v) is 7.85. The Morgan fingerprint density at radius 2 is 1.85 bits per heavy atom. The molecule has 1 fully saturated rings. The molecule has 1 aliphatic rings. The number of rotatable bonds is 6. The van der Waals surface area contributed by atoms with Gasteiger partial charge in [-0.05, 0) is 44.7 Å². The van der Waals surface area contributed by atoms with Gasteiger partial charge in [0.2, 0.25) is 0 Å². The van der Waals surface area contributed by atoms with Crippen molar-refractivity contribution in [2.24, 2.45) is 0 Å². The zero-order chi connectivity index (χ0) is 14.4. The lowest BCUT2D eigenvalue weighted by Gasteiger charge is -2.29. The van der Waals surface area contributed by atoms with Gasteiger partial charge in [0.1, 0.15) is 25.0 Å². The molecule has 20 heavy (non-hydrogen) atoms. The van der Waals surface area contributed by atoms with E-state index < -0.39 is 6.10 Å². The van der Waals surface area contributed by atoms with Gasteiger partial charge in [-0.1, -0.05) is 24.1 Å². The second-order valence-corrected chi connectivity index (χ2v) is 6.16. The molecule has 1 saturated carbocycles. The number of aliphatic hydroxyl groups is 1. The number of hydrogen-bond acceptors (Lipinski definition) is 2. The molecule has 0 spiro atoms. The summed E-state index contributed by atoms with van der Waals surface area (Å²) >= 11 is 0. The molecule has 0 radical (unpaired) electrons. The van der Waals surface area contributed by atoms with Gasteiger partial charge in [-0.25, -0.2) is 0 Å². The fraction of sp³-hybridized carbons (Fsp3) is 0.647. The van der Waals surface area contributed by atoms with Crippen LogP contribution < -0.4 is 9.64 Å². The Bertz CT molecular complexity index is 384. The van der Waals surface area contributed by atoms with Crippen molar-refractivity contribution >= 4 is 0 Å². The van der Waals surface area contributed by atoms with Gasteiger partial charge in [-0.2, -0.15) is 0 Å². The molecular weight excluding hydrogens is 250 g/mol. The van der Waals surface area contributed by atoms with Crippen molar-refractivity contribution in [1.82, 2.24) is 0 Å². The molecule has 1 aromatic carbocycles. The summed E-state index contributed by atoms with van der Waals surface area (Å²) in [5, 5.41) is 10.1. The van der Waals surface area contributed by atoms with Gasteiger partial charge in [-0.3, -0.25) is 0 Å². The van der Waals surface area contributed by atoms with E-state index in [9.17, 15) is 5.11 Å². The normalized spacial score (nSPS) is 19.6. The predicted molar refractivity (Wildman–Crippen MR) is 81.3 cm³/mol. The average molecular weight is 278 g/mol. The minimum Gasteiger partial charge on any atom is -0.491 e. The Kier molecular flexibility index (Phi) is 5.86. The summed E-state index contributed by atoms with van der Waals surface area (Å²) in [5.74, 6) is 0.838. The Labute approximate surface area is 122 Å². The molecule has 1 aromatic rings. The molecule has 3 nitrogen and oxygen atoms in total. The lowest BCUT2D eigenvalue weighted by Crippen LogP contribution is -3.14. The van der Waals surface area contributed by atoms with Crippen LogP contribution in [0.4, 0.5) is 0 Å². The van der Waals surface area contributed by atoms with Crippen molar-refractivity contribution < 1.29 is 14.7 Å². The van der Waals surface area contributed by atoms with Gasteiger partial charge >= 0.3 is 0 Å². The SMILES string of the molecule is Cc1ccc(OC[C@H](O)C[NH+](C)C2CCCCC2)cc1. The molecule has 2 atom stereocenters. The molecule has 0 amide bonds. The van der Waals surface area contributed by atoms with Gasteiger partial charge < -0.3 is 14.7 Å². The number of likely N-dealkylation sites (N-methyl/N-ethyl adjacent to an activating group) is 1. The summed E-state index contributed by atoms with van der Waals surface area (Å²) in [7, 11) is 2.20. The molecular formula is C17H28NO2+. The van der Waals surface area contributed by atoms with Crippen LogP contribution in [0.1, 0.15) is 37.7 Å². The quantitative estimate of drug-likeness (QED) is 0.828. The van der Waals surface area contributed by atoms with E-state index >= 15 is 0 Å². The number of aliphatic hydroxyl groups excluding tert-OH is 1. The number of hydrogen-bond donors (Lipinski definition) is 2. The highest BCUT2D eigenvalue weighted by molar-refractivity contribution is 5.26. The van der Waals surface area contributed by atoms with E-state index in [2.05, 4.69) is 14.0 Å². The highest BCUT2D eigenvalue weighted by atomic mass is 16.5. The lowest BCUT2D eigenvalue weighted by molar-refractivity contribution is -0.910. The molecule has 1 unspecified atom stereocenters. The van der Waals surface area contributed by atoms with Gasteiger partial charge in [0.15, 0.2) is 0 Å². The summed E-state index contributed by atoms with van der Waals surface area (Å²) in [5.41, 5.74) is 1.22. The van der Waals surface area contributed by atoms with E-state index in [0.29, 0.717) is 6.61 Å². The number of aryl methyl sites for hydroxylation is 1. The first-order chi connectivity index (χ1) is 9.65. The van der Waals surface area contributed by atoms with Gasteiger partial charge in [0.05, 0.1) is 13.1 Å². The summed E-state index contributed by atoms with van der Waals surface area (Å²) in [6.45, 7) is 3.21. The van der Waals surface area contributed by atoms with E-state index in [1.807, 2.05) is 24.3 Å². The van der Waals surface area contributed by atoms with Gasteiger partial charge in [-0.15, -0.1) is 0 Å². The number of ether oxygens (including phenoxy) is 1. The number of benzene rings is 1. The van der Waals surface area contributed by atoms with Gasteiger partial charge in [0.25, 0.3) is 0 Å². The Morgan fingerprint density at radius 1 is 1.20 bits per heavy atom. The molecule has 0 bridgehead atoms. The molecule has 3 heteroatoms. The minimum atomic E-state index is -0.391. The maximum absolute atomic E-state index is 10.1. The Morgan fingerprint density at radius 3 is 2.50 bits per heavy atom. The number of nitrogens with one attached hydrogen (secondary N) is 1. The third-order valence-electron chi connectivity index (χ3n) is 4.32. The maximum Gasteiger partial charge on any atom is 0.137 e. The van der Waals surface area contributed by atoms with E-state index in [4.69, 9.17) is 4.74 Å². The standard InChI is InChI=1S/C17H27NO2/c1-14-8-10-17(11-9-14)20-13-16(19)12-18(2)15-6-4-3-5-7-15/h8-11,15-16,19H,3-7,12-13H2,1-2H3/p+1/t16-/m1/s1.